The first-order valence-corrected chi connectivity index (χ1v) is 5.26. The molecule has 5 nitrogen and oxygen atoms in total. The van der Waals surface area contributed by atoms with Crippen molar-refractivity contribution in [3.05, 3.63) is 33.9 Å². The SMILES string of the molecule is CC(C)(C)CNc1ccc([N+](=O)[O-])c(C#N)c1. The highest BCUT2D eigenvalue weighted by Gasteiger charge is 2.15. The van der Waals surface area contributed by atoms with Crippen molar-refractivity contribution < 1.29 is 4.92 Å². The van der Waals surface area contributed by atoms with E-state index in [0.717, 1.165) is 12.2 Å². The average Bonchev–Trinajstić information content (AvgIpc) is 2.24. The fraction of sp³-hybridized carbons (Fsp3) is 0.417. The third-order valence-electron chi connectivity index (χ3n) is 2.14. The normalized spacial score (nSPS) is 10.7. The molecule has 1 aromatic rings. The van der Waals surface area contributed by atoms with Crippen molar-refractivity contribution in [1.82, 2.24) is 0 Å². The molecule has 0 aliphatic carbocycles. The van der Waals surface area contributed by atoms with E-state index in [0.29, 0.717) is 0 Å². The van der Waals surface area contributed by atoms with Gasteiger partial charge in [-0.3, -0.25) is 10.1 Å². The smallest absolute Gasteiger partial charge is 0.287 e. The Morgan fingerprint density at radius 1 is 1.47 bits per heavy atom. The van der Waals surface area contributed by atoms with Crippen molar-refractivity contribution >= 4 is 11.4 Å². The van der Waals surface area contributed by atoms with Crippen molar-refractivity contribution in [3.63, 3.8) is 0 Å². The summed E-state index contributed by atoms with van der Waals surface area (Å²) in [6.07, 6.45) is 0. The Morgan fingerprint density at radius 3 is 2.59 bits per heavy atom. The Balaban J connectivity index is 2.92. The maximum absolute atomic E-state index is 10.6. The Bertz CT molecular complexity index is 470. The van der Waals surface area contributed by atoms with Gasteiger partial charge < -0.3 is 5.32 Å². The fourth-order valence-electron chi connectivity index (χ4n) is 1.26. The van der Waals surface area contributed by atoms with Gasteiger partial charge in [-0.25, -0.2) is 0 Å². The van der Waals surface area contributed by atoms with Gasteiger partial charge in [0.25, 0.3) is 5.69 Å². The lowest BCUT2D eigenvalue weighted by Crippen LogP contribution is -2.19. The molecule has 1 N–H and O–H groups in total. The molecule has 0 radical (unpaired) electrons. The van der Waals surface area contributed by atoms with Gasteiger partial charge in [0, 0.05) is 18.3 Å². The number of anilines is 1. The van der Waals surface area contributed by atoms with E-state index in [-0.39, 0.29) is 16.7 Å². The quantitative estimate of drug-likeness (QED) is 0.643. The molecule has 0 saturated carbocycles. The largest absolute Gasteiger partial charge is 0.384 e. The van der Waals surface area contributed by atoms with Crippen LogP contribution in [0.4, 0.5) is 11.4 Å². The zero-order chi connectivity index (χ0) is 13.1. The van der Waals surface area contributed by atoms with Gasteiger partial charge in [0.2, 0.25) is 0 Å². The molecule has 0 fully saturated rings. The van der Waals surface area contributed by atoms with Crippen LogP contribution >= 0.6 is 0 Å². The highest BCUT2D eigenvalue weighted by atomic mass is 16.6. The van der Waals surface area contributed by atoms with Gasteiger partial charge in [-0.15, -0.1) is 0 Å². The molecule has 17 heavy (non-hydrogen) atoms. The van der Waals surface area contributed by atoms with E-state index < -0.39 is 4.92 Å². The maximum Gasteiger partial charge on any atom is 0.287 e. The highest BCUT2D eigenvalue weighted by molar-refractivity contribution is 5.58. The van der Waals surface area contributed by atoms with Crippen LogP contribution in [-0.2, 0) is 0 Å². The van der Waals surface area contributed by atoms with Crippen LogP contribution < -0.4 is 5.32 Å². The summed E-state index contributed by atoms with van der Waals surface area (Å²) >= 11 is 0. The third-order valence-corrected chi connectivity index (χ3v) is 2.14. The van der Waals surface area contributed by atoms with Gasteiger partial charge in [0.15, 0.2) is 0 Å². The third kappa shape index (κ3) is 3.76. The molecule has 0 spiro atoms. The summed E-state index contributed by atoms with van der Waals surface area (Å²) in [7, 11) is 0. The molecule has 0 bridgehead atoms. The Labute approximate surface area is 100 Å². The maximum atomic E-state index is 10.6. The fourth-order valence-corrected chi connectivity index (χ4v) is 1.26. The van der Waals surface area contributed by atoms with Crippen molar-refractivity contribution in [1.29, 1.82) is 5.26 Å². The van der Waals surface area contributed by atoms with Crippen LogP contribution in [0.5, 0.6) is 0 Å². The van der Waals surface area contributed by atoms with E-state index >= 15 is 0 Å². The molecular formula is C12H15N3O2. The van der Waals surface area contributed by atoms with Crippen LogP contribution in [0.15, 0.2) is 18.2 Å². The van der Waals surface area contributed by atoms with Crippen LogP contribution in [0, 0.1) is 26.9 Å². The van der Waals surface area contributed by atoms with Gasteiger partial charge in [-0.05, 0) is 17.5 Å². The summed E-state index contributed by atoms with van der Waals surface area (Å²) in [5, 5.41) is 22.6. The van der Waals surface area contributed by atoms with Gasteiger partial charge in [-0.2, -0.15) is 5.26 Å². The zero-order valence-electron chi connectivity index (χ0n) is 10.2. The number of benzene rings is 1. The second-order valence-electron chi connectivity index (χ2n) is 5.02. The van der Waals surface area contributed by atoms with Gasteiger partial charge in [0.1, 0.15) is 11.6 Å². The molecule has 0 atom stereocenters. The Hall–Kier alpha value is -2.09. The number of nitrogens with one attached hydrogen (secondary N) is 1. The molecule has 0 saturated heterocycles. The average molecular weight is 233 g/mol. The van der Waals surface area contributed by atoms with Crippen LogP contribution in [0.2, 0.25) is 0 Å². The summed E-state index contributed by atoms with van der Waals surface area (Å²) in [5.41, 5.74) is 0.749. The van der Waals surface area contributed by atoms with Crippen molar-refractivity contribution in [2.45, 2.75) is 20.8 Å². The first-order chi connectivity index (χ1) is 7.83. The predicted molar refractivity (Wildman–Crippen MR) is 65.8 cm³/mol. The molecular weight excluding hydrogens is 218 g/mol. The minimum Gasteiger partial charge on any atom is -0.384 e. The minimum atomic E-state index is -0.550. The molecule has 1 rings (SSSR count). The molecule has 90 valence electrons. The standard InChI is InChI=1S/C12H15N3O2/c1-12(2,3)8-14-10-4-5-11(15(16)17)9(6-10)7-13/h4-6,14H,8H2,1-3H3. The Kier molecular flexibility index (Phi) is 3.69. The number of nitriles is 1. The summed E-state index contributed by atoms with van der Waals surface area (Å²) < 4.78 is 0. The van der Waals surface area contributed by atoms with E-state index in [4.69, 9.17) is 5.26 Å². The number of nitrogens with zero attached hydrogens (tertiary/aromatic N) is 2. The molecule has 1 aromatic carbocycles. The first-order valence-electron chi connectivity index (χ1n) is 5.26. The monoisotopic (exact) mass is 233 g/mol. The van der Waals surface area contributed by atoms with Gasteiger partial charge in [-0.1, -0.05) is 20.8 Å². The van der Waals surface area contributed by atoms with Crippen LogP contribution in [0.1, 0.15) is 26.3 Å². The molecule has 0 aliphatic rings. The van der Waals surface area contributed by atoms with Crippen molar-refractivity contribution in [2.24, 2.45) is 5.41 Å². The lowest BCUT2D eigenvalue weighted by Gasteiger charge is -2.19. The van der Waals surface area contributed by atoms with Gasteiger partial charge in [0.05, 0.1) is 4.92 Å². The predicted octanol–water partition coefficient (Wildman–Crippen LogP) is 2.92. The first kappa shape index (κ1) is 13.0. The molecule has 5 heteroatoms. The summed E-state index contributed by atoms with van der Waals surface area (Å²) in [5.74, 6) is 0. The number of nitro benzene ring substituents is 1. The number of nitro groups is 1. The topological polar surface area (TPSA) is 79.0 Å². The molecule has 0 aromatic heterocycles. The number of hydrogen-bond donors (Lipinski definition) is 1. The van der Waals surface area contributed by atoms with E-state index in [2.05, 4.69) is 26.1 Å². The molecule has 0 aliphatic heterocycles. The van der Waals surface area contributed by atoms with Crippen LogP contribution in [-0.4, -0.2) is 11.5 Å². The van der Waals surface area contributed by atoms with Gasteiger partial charge >= 0.3 is 0 Å². The van der Waals surface area contributed by atoms with E-state index in [1.165, 1.54) is 12.1 Å². The number of hydrogen-bond acceptors (Lipinski definition) is 4. The van der Waals surface area contributed by atoms with E-state index in [1.807, 2.05) is 6.07 Å². The summed E-state index contributed by atoms with van der Waals surface area (Å²) in [6, 6.07) is 6.30. The van der Waals surface area contributed by atoms with Crippen molar-refractivity contribution in [2.75, 3.05) is 11.9 Å². The zero-order valence-corrected chi connectivity index (χ0v) is 10.2. The second-order valence-corrected chi connectivity index (χ2v) is 5.02. The second kappa shape index (κ2) is 4.83. The minimum absolute atomic E-state index is 0.0777. The lowest BCUT2D eigenvalue weighted by molar-refractivity contribution is -0.385. The Morgan fingerprint density at radius 2 is 2.12 bits per heavy atom. The van der Waals surface area contributed by atoms with Crippen LogP contribution in [0.25, 0.3) is 0 Å². The van der Waals surface area contributed by atoms with E-state index in [9.17, 15) is 10.1 Å². The molecule has 0 amide bonds. The lowest BCUT2D eigenvalue weighted by atomic mass is 9.97. The van der Waals surface area contributed by atoms with E-state index in [1.54, 1.807) is 6.07 Å². The van der Waals surface area contributed by atoms with Crippen molar-refractivity contribution in [3.8, 4) is 6.07 Å². The van der Waals surface area contributed by atoms with Crippen LogP contribution in [0.3, 0.4) is 0 Å². The molecule has 0 unspecified atom stereocenters. The number of rotatable bonds is 3. The summed E-state index contributed by atoms with van der Waals surface area (Å²) in [6.45, 7) is 6.97. The highest BCUT2D eigenvalue weighted by Crippen LogP contribution is 2.23. The molecule has 0 heterocycles. The summed E-state index contributed by atoms with van der Waals surface area (Å²) in [4.78, 5) is 10.1.